The van der Waals surface area contributed by atoms with Crippen LogP contribution in [0.4, 0.5) is 5.69 Å². The van der Waals surface area contributed by atoms with E-state index in [1.165, 1.54) is 5.56 Å². The van der Waals surface area contributed by atoms with Crippen molar-refractivity contribution in [1.29, 1.82) is 0 Å². The highest BCUT2D eigenvalue weighted by Gasteiger charge is 2.15. The Hall–Kier alpha value is -4.97. The van der Waals surface area contributed by atoms with E-state index in [4.69, 9.17) is 13.8 Å². The van der Waals surface area contributed by atoms with Crippen LogP contribution >= 0.6 is 0 Å². The molecule has 0 aliphatic rings. The van der Waals surface area contributed by atoms with Crippen LogP contribution in [0.1, 0.15) is 47.7 Å². The van der Waals surface area contributed by atoms with E-state index in [2.05, 4.69) is 31.3 Å². The van der Waals surface area contributed by atoms with Crippen LogP contribution in [0.2, 0.25) is 0 Å². The van der Waals surface area contributed by atoms with Gasteiger partial charge in [-0.05, 0) is 84.5 Å². The van der Waals surface area contributed by atoms with Crippen molar-refractivity contribution in [2.75, 3.05) is 5.32 Å². The first-order valence-electron chi connectivity index (χ1n) is 13.4. The average Bonchev–Trinajstić information content (AvgIpc) is 3.41. The number of hydrogen-bond donors (Lipinski definition) is 1. The number of amides is 1. The second kappa shape index (κ2) is 10.3. The van der Waals surface area contributed by atoms with Crippen LogP contribution in [0.15, 0.2) is 105 Å². The predicted octanol–water partition coefficient (Wildman–Crippen LogP) is 8.34. The highest BCUT2D eigenvalue weighted by molar-refractivity contribution is 6.05. The molecular formula is C34H28N2O4. The number of nitrogens with zero attached hydrogens (tertiary/aromatic N) is 1. The molecule has 1 unspecified atom stereocenters. The third kappa shape index (κ3) is 4.80. The van der Waals surface area contributed by atoms with E-state index in [0.717, 1.165) is 34.0 Å². The number of rotatable bonds is 6. The Kier molecular flexibility index (Phi) is 6.52. The largest absolute Gasteiger partial charge is 0.436 e. The van der Waals surface area contributed by atoms with Gasteiger partial charge in [-0.25, -0.2) is 9.78 Å². The Balaban J connectivity index is 1.28. The summed E-state index contributed by atoms with van der Waals surface area (Å²) in [4.78, 5) is 30.7. The number of carbonyl (C=O) groups excluding carboxylic acids is 1. The quantitative estimate of drug-likeness (QED) is 0.220. The summed E-state index contributed by atoms with van der Waals surface area (Å²) in [6, 6.07) is 28.0. The molecule has 198 valence electrons. The molecule has 6 aromatic rings. The molecule has 1 atom stereocenters. The number of carbonyl (C=O) groups is 1. The summed E-state index contributed by atoms with van der Waals surface area (Å²) >= 11 is 0. The standard InChI is InChI=1S/C34H28N2O4/c1-4-20(2)22-14-15-31-29(18-22)36-33(39-31)26-13-12-21(3)28(19-26)35-32(37)25-10-7-9-23(16-25)27-17-24-8-5-6-11-30(24)40-34(27)38/h5-20H,4H2,1-3H3,(H,35,37). The van der Waals surface area contributed by atoms with E-state index in [-0.39, 0.29) is 5.91 Å². The monoisotopic (exact) mass is 528 g/mol. The van der Waals surface area contributed by atoms with Crippen molar-refractivity contribution in [2.24, 2.45) is 0 Å². The zero-order valence-corrected chi connectivity index (χ0v) is 22.5. The molecule has 0 saturated carbocycles. The molecule has 0 spiro atoms. The molecule has 0 fully saturated rings. The first-order valence-corrected chi connectivity index (χ1v) is 13.4. The van der Waals surface area contributed by atoms with Crippen molar-refractivity contribution in [3.05, 3.63) is 118 Å². The number of aryl methyl sites for hydroxylation is 1. The lowest BCUT2D eigenvalue weighted by Gasteiger charge is -2.11. The minimum atomic E-state index is -0.450. The number of aromatic nitrogens is 1. The number of hydrogen-bond acceptors (Lipinski definition) is 5. The fraction of sp³-hybridized carbons (Fsp3) is 0.147. The smallest absolute Gasteiger partial charge is 0.344 e. The molecule has 2 heterocycles. The van der Waals surface area contributed by atoms with Gasteiger partial charge in [0.15, 0.2) is 5.58 Å². The number of benzene rings is 4. The Morgan fingerprint density at radius 2 is 1.73 bits per heavy atom. The fourth-order valence-electron chi connectivity index (χ4n) is 4.79. The summed E-state index contributed by atoms with van der Waals surface area (Å²) < 4.78 is 11.5. The molecular weight excluding hydrogens is 500 g/mol. The van der Waals surface area contributed by atoms with Crippen molar-refractivity contribution >= 4 is 33.7 Å². The van der Waals surface area contributed by atoms with Gasteiger partial charge < -0.3 is 14.2 Å². The Morgan fingerprint density at radius 3 is 2.58 bits per heavy atom. The maximum absolute atomic E-state index is 13.3. The normalized spacial score (nSPS) is 12.1. The van der Waals surface area contributed by atoms with Crippen molar-refractivity contribution in [3.63, 3.8) is 0 Å². The van der Waals surface area contributed by atoms with Gasteiger partial charge >= 0.3 is 5.63 Å². The van der Waals surface area contributed by atoms with E-state index in [0.29, 0.717) is 39.8 Å². The van der Waals surface area contributed by atoms with Gasteiger partial charge in [0, 0.05) is 22.2 Å². The average molecular weight is 529 g/mol. The lowest BCUT2D eigenvalue weighted by molar-refractivity contribution is 0.102. The van der Waals surface area contributed by atoms with Crippen molar-refractivity contribution in [1.82, 2.24) is 4.98 Å². The zero-order valence-electron chi connectivity index (χ0n) is 22.5. The Morgan fingerprint density at radius 1 is 0.875 bits per heavy atom. The molecule has 1 N–H and O–H groups in total. The summed E-state index contributed by atoms with van der Waals surface area (Å²) in [6.07, 6.45) is 1.05. The number of para-hydroxylation sites is 1. The van der Waals surface area contributed by atoms with E-state index in [1.54, 1.807) is 36.4 Å². The molecule has 0 bridgehead atoms. The molecule has 2 aromatic heterocycles. The van der Waals surface area contributed by atoms with Gasteiger partial charge in [0.2, 0.25) is 5.89 Å². The van der Waals surface area contributed by atoms with Crippen molar-refractivity contribution < 1.29 is 13.6 Å². The highest BCUT2D eigenvalue weighted by atomic mass is 16.4. The molecule has 0 aliphatic carbocycles. The lowest BCUT2D eigenvalue weighted by atomic mass is 9.98. The number of nitrogens with one attached hydrogen (secondary N) is 1. The molecule has 0 radical (unpaired) electrons. The summed E-state index contributed by atoms with van der Waals surface area (Å²) in [5.41, 5.74) is 6.61. The molecule has 0 aliphatic heterocycles. The lowest BCUT2D eigenvalue weighted by Crippen LogP contribution is -2.13. The summed E-state index contributed by atoms with van der Waals surface area (Å²) in [5.74, 6) is 0.653. The van der Waals surface area contributed by atoms with Crippen LogP contribution in [0, 0.1) is 6.92 Å². The van der Waals surface area contributed by atoms with Crippen LogP contribution in [-0.4, -0.2) is 10.9 Å². The maximum Gasteiger partial charge on any atom is 0.344 e. The molecule has 0 saturated heterocycles. The van der Waals surface area contributed by atoms with Crippen molar-refractivity contribution in [2.45, 2.75) is 33.1 Å². The fourth-order valence-corrected chi connectivity index (χ4v) is 4.79. The number of oxazole rings is 1. The molecule has 6 heteroatoms. The Labute approximate surface area is 231 Å². The van der Waals surface area contributed by atoms with Gasteiger partial charge in [-0.15, -0.1) is 0 Å². The van der Waals surface area contributed by atoms with Crippen LogP contribution < -0.4 is 10.9 Å². The van der Waals surface area contributed by atoms with Crippen LogP contribution in [0.3, 0.4) is 0 Å². The summed E-state index contributed by atoms with van der Waals surface area (Å²) in [6.45, 7) is 6.30. The summed E-state index contributed by atoms with van der Waals surface area (Å²) in [5, 5.41) is 3.83. The minimum absolute atomic E-state index is 0.289. The van der Waals surface area contributed by atoms with Gasteiger partial charge in [-0.2, -0.15) is 0 Å². The minimum Gasteiger partial charge on any atom is -0.436 e. The van der Waals surface area contributed by atoms with E-state index < -0.39 is 5.63 Å². The van der Waals surface area contributed by atoms with Gasteiger partial charge in [-0.3, -0.25) is 4.79 Å². The van der Waals surface area contributed by atoms with Crippen LogP contribution in [-0.2, 0) is 0 Å². The molecule has 4 aromatic carbocycles. The van der Waals surface area contributed by atoms with Crippen LogP contribution in [0.25, 0.3) is 44.7 Å². The molecule has 1 amide bonds. The Bertz CT molecular complexity index is 1950. The van der Waals surface area contributed by atoms with Gasteiger partial charge in [0.25, 0.3) is 5.91 Å². The zero-order chi connectivity index (χ0) is 27.8. The molecule has 6 rings (SSSR count). The third-order valence-corrected chi connectivity index (χ3v) is 7.40. The number of fused-ring (bicyclic) bond motifs is 2. The first-order chi connectivity index (χ1) is 19.4. The SMILES string of the molecule is CCC(C)c1ccc2oc(-c3ccc(C)c(NC(=O)c4cccc(-c5cc6ccccc6oc5=O)c4)c3)nc2c1. The van der Waals surface area contributed by atoms with E-state index >= 15 is 0 Å². The summed E-state index contributed by atoms with van der Waals surface area (Å²) in [7, 11) is 0. The van der Waals surface area contributed by atoms with Crippen molar-refractivity contribution in [3.8, 4) is 22.6 Å². The van der Waals surface area contributed by atoms with E-state index in [9.17, 15) is 9.59 Å². The number of anilines is 1. The second-order valence-corrected chi connectivity index (χ2v) is 10.1. The van der Waals surface area contributed by atoms with Gasteiger partial charge in [-0.1, -0.05) is 56.3 Å². The highest BCUT2D eigenvalue weighted by Crippen LogP contribution is 2.30. The first kappa shape index (κ1) is 25.3. The maximum atomic E-state index is 13.3. The molecule has 6 nitrogen and oxygen atoms in total. The predicted molar refractivity (Wildman–Crippen MR) is 159 cm³/mol. The van der Waals surface area contributed by atoms with Gasteiger partial charge in [0.1, 0.15) is 11.1 Å². The molecule has 40 heavy (non-hydrogen) atoms. The second-order valence-electron chi connectivity index (χ2n) is 10.1. The third-order valence-electron chi connectivity index (χ3n) is 7.40. The van der Waals surface area contributed by atoms with E-state index in [1.807, 2.05) is 49.4 Å². The van der Waals surface area contributed by atoms with Crippen LogP contribution in [0.5, 0.6) is 0 Å². The topological polar surface area (TPSA) is 85.3 Å². The van der Waals surface area contributed by atoms with Gasteiger partial charge in [0.05, 0.1) is 5.56 Å².